The quantitative estimate of drug-likeness (QED) is 0.693. The van der Waals surface area contributed by atoms with Crippen LogP contribution in [0.2, 0.25) is 0 Å². The second kappa shape index (κ2) is 7.82. The largest absolute Gasteiger partial charge is 0.492 e. The van der Waals surface area contributed by atoms with E-state index in [4.69, 9.17) is 9.47 Å². The van der Waals surface area contributed by atoms with E-state index in [0.717, 1.165) is 18.4 Å². The zero-order chi connectivity index (χ0) is 14.3. The highest BCUT2D eigenvalue weighted by atomic mass is 16.5. The van der Waals surface area contributed by atoms with Gasteiger partial charge in [-0.25, -0.2) is 4.79 Å². The van der Waals surface area contributed by atoms with Crippen molar-refractivity contribution in [3.05, 3.63) is 29.3 Å². The molecule has 1 aromatic carbocycles. The van der Waals surface area contributed by atoms with Gasteiger partial charge in [-0.05, 0) is 30.4 Å². The highest BCUT2D eigenvalue weighted by molar-refractivity contribution is 5.93. The molecule has 1 rings (SSSR count). The first-order chi connectivity index (χ1) is 9.11. The zero-order valence-electron chi connectivity index (χ0n) is 12.4. The summed E-state index contributed by atoms with van der Waals surface area (Å²) in [7, 11) is 0. The van der Waals surface area contributed by atoms with Gasteiger partial charge in [0.15, 0.2) is 0 Å². The summed E-state index contributed by atoms with van der Waals surface area (Å²) in [4.78, 5) is 12.1. The lowest BCUT2D eigenvalue weighted by Crippen LogP contribution is -2.11. The van der Waals surface area contributed by atoms with E-state index < -0.39 is 0 Å². The first-order valence-electron chi connectivity index (χ1n) is 7.04. The molecule has 0 aromatic heterocycles. The van der Waals surface area contributed by atoms with E-state index in [1.165, 1.54) is 0 Å². The zero-order valence-corrected chi connectivity index (χ0v) is 12.4. The van der Waals surface area contributed by atoms with E-state index in [0.29, 0.717) is 30.4 Å². The van der Waals surface area contributed by atoms with Crippen LogP contribution in [0.5, 0.6) is 5.75 Å². The number of para-hydroxylation sites is 1. The predicted octanol–water partition coefficient (Wildman–Crippen LogP) is 4.17. The Bertz CT molecular complexity index is 410. The molecule has 3 nitrogen and oxygen atoms in total. The maximum Gasteiger partial charge on any atom is 0.341 e. The Hall–Kier alpha value is -1.51. The molecule has 0 spiro atoms. The van der Waals surface area contributed by atoms with E-state index in [2.05, 4.69) is 13.8 Å². The minimum absolute atomic E-state index is 0.296. The summed E-state index contributed by atoms with van der Waals surface area (Å²) >= 11 is 0. The van der Waals surface area contributed by atoms with Crippen molar-refractivity contribution in [1.29, 1.82) is 0 Å². The molecule has 0 fully saturated rings. The molecule has 1 aromatic rings. The summed E-state index contributed by atoms with van der Waals surface area (Å²) in [6.07, 6.45) is 1.73. The van der Waals surface area contributed by atoms with Crippen LogP contribution in [0.4, 0.5) is 0 Å². The van der Waals surface area contributed by atoms with Crippen molar-refractivity contribution in [2.45, 2.75) is 46.5 Å². The fourth-order valence-corrected chi connectivity index (χ4v) is 1.81. The lowest BCUT2D eigenvalue weighted by atomic mass is 9.99. The van der Waals surface area contributed by atoms with E-state index in [-0.39, 0.29) is 5.97 Å². The molecular weight excluding hydrogens is 240 g/mol. The van der Waals surface area contributed by atoms with Crippen molar-refractivity contribution in [3.63, 3.8) is 0 Å². The first-order valence-corrected chi connectivity index (χ1v) is 7.04. The number of hydrogen-bond donors (Lipinski definition) is 0. The standard InChI is InChI=1S/C16H24O3/c1-5-10-18-15-13(12(3)4)8-7-9-14(15)16(17)19-11-6-2/h7-9,12H,5-6,10-11H2,1-4H3. The smallest absolute Gasteiger partial charge is 0.341 e. The highest BCUT2D eigenvalue weighted by Gasteiger charge is 2.18. The number of ether oxygens (including phenoxy) is 2. The van der Waals surface area contributed by atoms with Crippen LogP contribution in [-0.2, 0) is 4.74 Å². The van der Waals surface area contributed by atoms with E-state index >= 15 is 0 Å². The van der Waals surface area contributed by atoms with Gasteiger partial charge in [-0.1, -0.05) is 39.8 Å². The normalized spacial score (nSPS) is 10.6. The topological polar surface area (TPSA) is 35.5 Å². The van der Waals surface area contributed by atoms with E-state index in [9.17, 15) is 4.79 Å². The van der Waals surface area contributed by atoms with Gasteiger partial charge in [0.05, 0.1) is 13.2 Å². The third-order valence-electron chi connectivity index (χ3n) is 2.78. The van der Waals surface area contributed by atoms with Gasteiger partial charge in [-0.3, -0.25) is 0 Å². The number of carbonyl (C=O) groups is 1. The van der Waals surface area contributed by atoms with Crippen LogP contribution in [0, 0.1) is 0 Å². The Morgan fingerprint density at radius 2 is 1.84 bits per heavy atom. The lowest BCUT2D eigenvalue weighted by Gasteiger charge is -2.17. The molecule has 19 heavy (non-hydrogen) atoms. The first kappa shape index (κ1) is 15.5. The second-order valence-corrected chi connectivity index (χ2v) is 4.86. The number of benzene rings is 1. The summed E-state index contributed by atoms with van der Waals surface area (Å²) in [6.45, 7) is 9.26. The predicted molar refractivity (Wildman–Crippen MR) is 76.9 cm³/mol. The van der Waals surface area contributed by atoms with Gasteiger partial charge in [0.25, 0.3) is 0 Å². The molecule has 0 unspecified atom stereocenters. The second-order valence-electron chi connectivity index (χ2n) is 4.86. The minimum atomic E-state index is -0.296. The Kier molecular flexibility index (Phi) is 6.40. The van der Waals surface area contributed by atoms with Crippen molar-refractivity contribution in [1.82, 2.24) is 0 Å². The third kappa shape index (κ3) is 4.27. The SMILES string of the molecule is CCCOC(=O)c1cccc(C(C)C)c1OCCC. The summed E-state index contributed by atoms with van der Waals surface area (Å²) in [6, 6.07) is 5.66. The Labute approximate surface area is 115 Å². The molecule has 0 radical (unpaired) electrons. The molecule has 0 aliphatic carbocycles. The van der Waals surface area contributed by atoms with Gasteiger partial charge in [0, 0.05) is 0 Å². The Balaban J connectivity index is 3.07. The van der Waals surface area contributed by atoms with Crippen LogP contribution in [0.1, 0.15) is 62.4 Å². The molecule has 106 valence electrons. The van der Waals surface area contributed by atoms with Crippen LogP contribution in [0.3, 0.4) is 0 Å². The summed E-state index contributed by atoms with van der Waals surface area (Å²) < 4.78 is 11.0. The van der Waals surface area contributed by atoms with Crippen LogP contribution < -0.4 is 4.74 Å². The van der Waals surface area contributed by atoms with Gasteiger partial charge in [-0.2, -0.15) is 0 Å². The Morgan fingerprint density at radius 1 is 1.16 bits per heavy atom. The molecule has 0 saturated carbocycles. The molecule has 0 atom stereocenters. The molecule has 0 saturated heterocycles. The van der Waals surface area contributed by atoms with Crippen molar-refractivity contribution in [2.24, 2.45) is 0 Å². The minimum Gasteiger partial charge on any atom is -0.492 e. The molecular formula is C16H24O3. The average Bonchev–Trinajstić information content (AvgIpc) is 2.41. The Morgan fingerprint density at radius 3 is 2.42 bits per heavy atom. The van der Waals surface area contributed by atoms with Crippen LogP contribution in [-0.4, -0.2) is 19.2 Å². The van der Waals surface area contributed by atoms with Gasteiger partial charge < -0.3 is 9.47 Å². The number of carbonyl (C=O) groups excluding carboxylic acids is 1. The van der Waals surface area contributed by atoms with Gasteiger partial charge in [0.2, 0.25) is 0 Å². The molecule has 0 bridgehead atoms. The molecule has 3 heteroatoms. The van der Waals surface area contributed by atoms with Gasteiger partial charge in [0.1, 0.15) is 11.3 Å². The molecule has 0 heterocycles. The molecule has 0 N–H and O–H groups in total. The van der Waals surface area contributed by atoms with Crippen molar-refractivity contribution < 1.29 is 14.3 Å². The summed E-state index contributed by atoms with van der Waals surface area (Å²) in [5.41, 5.74) is 1.59. The lowest BCUT2D eigenvalue weighted by molar-refractivity contribution is 0.0500. The maximum absolute atomic E-state index is 12.1. The van der Waals surface area contributed by atoms with Crippen LogP contribution in [0.15, 0.2) is 18.2 Å². The monoisotopic (exact) mass is 264 g/mol. The van der Waals surface area contributed by atoms with Gasteiger partial charge in [-0.15, -0.1) is 0 Å². The van der Waals surface area contributed by atoms with Crippen molar-refractivity contribution in [2.75, 3.05) is 13.2 Å². The number of rotatable bonds is 7. The number of hydrogen-bond acceptors (Lipinski definition) is 3. The van der Waals surface area contributed by atoms with Gasteiger partial charge >= 0.3 is 5.97 Å². The van der Waals surface area contributed by atoms with Crippen molar-refractivity contribution >= 4 is 5.97 Å². The number of esters is 1. The average molecular weight is 264 g/mol. The highest BCUT2D eigenvalue weighted by Crippen LogP contribution is 2.31. The maximum atomic E-state index is 12.1. The molecule has 0 aliphatic rings. The fraction of sp³-hybridized carbons (Fsp3) is 0.562. The third-order valence-corrected chi connectivity index (χ3v) is 2.78. The van der Waals surface area contributed by atoms with E-state index in [1.807, 2.05) is 26.0 Å². The van der Waals surface area contributed by atoms with E-state index in [1.54, 1.807) is 6.07 Å². The molecule has 0 amide bonds. The fourth-order valence-electron chi connectivity index (χ4n) is 1.81. The van der Waals surface area contributed by atoms with Crippen LogP contribution >= 0.6 is 0 Å². The summed E-state index contributed by atoms with van der Waals surface area (Å²) in [5, 5.41) is 0. The summed E-state index contributed by atoms with van der Waals surface area (Å²) in [5.74, 6) is 0.696. The van der Waals surface area contributed by atoms with Crippen LogP contribution in [0.25, 0.3) is 0 Å². The molecule has 0 aliphatic heterocycles. The van der Waals surface area contributed by atoms with Crippen molar-refractivity contribution in [3.8, 4) is 5.75 Å².